The number of methoxy groups -OCH3 is 1. The second-order valence-corrected chi connectivity index (χ2v) is 5.02. The Kier molecular flexibility index (Phi) is 5.47. The van der Waals surface area contributed by atoms with Crippen LogP contribution >= 0.6 is 0 Å². The lowest BCUT2D eigenvalue weighted by Gasteiger charge is -2.15. The first-order valence-corrected chi connectivity index (χ1v) is 7.03. The Morgan fingerprint density at radius 1 is 1.21 bits per heavy atom. The molecular formula is C17H15F2NO4. The Morgan fingerprint density at radius 3 is 2.58 bits per heavy atom. The molecule has 0 saturated carbocycles. The summed E-state index contributed by atoms with van der Waals surface area (Å²) in [6.45, 7) is 0. The van der Waals surface area contributed by atoms with E-state index >= 15 is 0 Å². The molecule has 0 unspecified atom stereocenters. The fourth-order valence-corrected chi connectivity index (χ4v) is 2.15. The van der Waals surface area contributed by atoms with Gasteiger partial charge in [0.15, 0.2) is 11.6 Å². The van der Waals surface area contributed by atoms with Crippen molar-refractivity contribution in [2.75, 3.05) is 7.11 Å². The smallest absolute Gasteiger partial charge is 0.326 e. The van der Waals surface area contributed by atoms with Crippen LogP contribution in [0.2, 0.25) is 0 Å². The predicted molar refractivity (Wildman–Crippen MR) is 81.9 cm³/mol. The summed E-state index contributed by atoms with van der Waals surface area (Å²) in [6, 6.07) is 8.51. The molecule has 0 bridgehead atoms. The Labute approximate surface area is 136 Å². The first kappa shape index (κ1) is 17.4. The van der Waals surface area contributed by atoms with Gasteiger partial charge in [0.1, 0.15) is 11.8 Å². The maximum absolute atomic E-state index is 13.6. The van der Waals surface area contributed by atoms with Gasteiger partial charge >= 0.3 is 5.97 Å². The third kappa shape index (κ3) is 4.07. The van der Waals surface area contributed by atoms with E-state index in [1.165, 1.54) is 13.2 Å². The number of amides is 1. The number of benzene rings is 2. The molecule has 1 amide bonds. The molecule has 0 aromatic heterocycles. The molecule has 2 aromatic carbocycles. The van der Waals surface area contributed by atoms with Crippen molar-refractivity contribution in [3.05, 3.63) is 65.2 Å². The van der Waals surface area contributed by atoms with E-state index in [0.717, 1.165) is 12.1 Å². The van der Waals surface area contributed by atoms with E-state index in [1.54, 1.807) is 24.3 Å². The van der Waals surface area contributed by atoms with E-state index in [9.17, 15) is 23.5 Å². The first-order chi connectivity index (χ1) is 11.4. The molecule has 0 aliphatic heterocycles. The van der Waals surface area contributed by atoms with E-state index in [-0.39, 0.29) is 6.42 Å². The van der Waals surface area contributed by atoms with Crippen LogP contribution in [0.1, 0.15) is 15.9 Å². The van der Waals surface area contributed by atoms with Gasteiger partial charge in [-0.05, 0) is 29.8 Å². The molecule has 2 aromatic rings. The van der Waals surface area contributed by atoms with Gasteiger partial charge in [0.05, 0.1) is 12.7 Å². The number of halogens is 2. The molecule has 2 N–H and O–H groups in total. The Hall–Kier alpha value is -2.96. The number of hydrogen-bond donors (Lipinski definition) is 2. The zero-order valence-corrected chi connectivity index (χ0v) is 12.8. The highest BCUT2D eigenvalue weighted by molar-refractivity contribution is 5.96. The van der Waals surface area contributed by atoms with Crippen molar-refractivity contribution in [1.29, 1.82) is 0 Å². The number of nitrogens with one attached hydrogen (secondary N) is 1. The first-order valence-electron chi connectivity index (χ1n) is 7.03. The number of hydrogen-bond acceptors (Lipinski definition) is 3. The fraction of sp³-hybridized carbons (Fsp3) is 0.176. The van der Waals surface area contributed by atoms with E-state index in [1.807, 2.05) is 0 Å². The van der Waals surface area contributed by atoms with Crippen molar-refractivity contribution in [1.82, 2.24) is 5.32 Å². The highest BCUT2D eigenvalue weighted by Crippen LogP contribution is 2.15. The van der Waals surface area contributed by atoms with Gasteiger partial charge in [-0.15, -0.1) is 0 Å². The van der Waals surface area contributed by atoms with Gasteiger partial charge < -0.3 is 15.2 Å². The number of carbonyl (C=O) groups is 2. The standard InChI is InChI=1S/C17H15F2NO4/c1-24-11-5-2-4-10(8-11)9-14(17(22)23)20-16(21)12-6-3-7-13(18)15(12)19/h2-8,14H,9H2,1H3,(H,20,21)(H,22,23)/t14-/m0/s1. The molecule has 0 heterocycles. The van der Waals surface area contributed by atoms with Crippen LogP contribution in [0.15, 0.2) is 42.5 Å². The lowest BCUT2D eigenvalue weighted by atomic mass is 10.0. The van der Waals surface area contributed by atoms with Gasteiger partial charge in [0, 0.05) is 6.42 Å². The highest BCUT2D eigenvalue weighted by atomic mass is 19.2. The minimum Gasteiger partial charge on any atom is -0.497 e. The molecule has 0 radical (unpaired) electrons. The lowest BCUT2D eigenvalue weighted by molar-refractivity contribution is -0.139. The lowest BCUT2D eigenvalue weighted by Crippen LogP contribution is -2.42. The number of carboxylic acid groups (broad SMARTS) is 1. The average Bonchev–Trinajstić information content (AvgIpc) is 2.56. The van der Waals surface area contributed by atoms with Crippen LogP contribution in [0, 0.1) is 11.6 Å². The van der Waals surface area contributed by atoms with Gasteiger partial charge in [-0.2, -0.15) is 0 Å². The summed E-state index contributed by atoms with van der Waals surface area (Å²) >= 11 is 0. The van der Waals surface area contributed by atoms with Crippen LogP contribution in [-0.2, 0) is 11.2 Å². The summed E-state index contributed by atoms with van der Waals surface area (Å²) in [7, 11) is 1.47. The molecule has 1 atom stereocenters. The van der Waals surface area contributed by atoms with Gasteiger partial charge in [0.2, 0.25) is 0 Å². The molecular weight excluding hydrogens is 320 g/mol. The summed E-state index contributed by atoms with van der Waals surface area (Å²) < 4.78 is 31.9. The summed E-state index contributed by atoms with van der Waals surface area (Å²) in [6.07, 6.45) is -0.0325. The quantitative estimate of drug-likeness (QED) is 0.850. The normalized spacial score (nSPS) is 11.6. The van der Waals surface area contributed by atoms with Crippen molar-refractivity contribution >= 4 is 11.9 Å². The van der Waals surface area contributed by atoms with E-state index in [2.05, 4.69) is 5.32 Å². The third-order valence-corrected chi connectivity index (χ3v) is 3.37. The maximum Gasteiger partial charge on any atom is 0.326 e. The second-order valence-electron chi connectivity index (χ2n) is 5.02. The zero-order chi connectivity index (χ0) is 17.7. The van der Waals surface area contributed by atoms with Crippen LogP contribution in [0.5, 0.6) is 5.75 Å². The number of rotatable bonds is 6. The fourth-order valence-electron chi connectivity index (χ4n) is 2.15. The van der Waals surface area contributed by atoms with Crippen LogP contribution in [0.4, 0.5) is 8.78 Å². The summed E-state index contributed by atoms with van der Waals surface area (Å²) in [5.74, 6) is -4.24. The molecule has 0 aliphatic carbocycles. The van der Waals surface area contributed by atoms with Crippen LogP contribution in [-0.4, -0.2) is 30.1 Å². The van der Waals surface area contributed by atoms with Crippen LogP contribution in [0.3, 0.4) is 0 Å². The highest BCUT2D eigenvalue weighted by Gasteiger charge is 2.23. The largest absolute Gasteiger partial charge is 0.497 e. The van der Waals surface area contributed by atoms with Crippen molar-refractivity contribution in [2.24, 2.45) is 0 Å². The van der Waals surface area contributed by atoms with Crippen molar-refractivity contribution in [3.8, 4) is 5.75 Å². The molecule has 7 heteroatoms. The van der Waals surface area contributed by atoms with Gasteiger partial charge in [0.25, 0.3) is 5.91 Å². The molecule has 24 heavy (non-hydrogen) atoms. The van der Waals surface area contributed by atoms with Crippen molar-refractivity contribution in [3.63, 3.8) is 0 Å². The Bertz CT molecular complexity index is 764. The third-order valence-electron chi connectivity index (χ3n) is 3.37. The molecule has 0 fully saturated rings. The van der Waals surface area contributed by atoms with Gasteiger partial charge in [-0.3, -0.25) is 4.79 Å². The second kappa shape index (κ2) is 7.54. The molecule has 2 rings (SSSR count). The van der Waals surface area contributed by atoms with Gasteiger partial charge in [-0.1, -0.05) is 18.2 Å². The topological polar surface area (TPSA) is 75.6 Å². The minimum atomic E-state index is -1.32. The predicted octanol–water partition coefficient (Wildman–Crippen LogP) is 2.40. The van der Waals surface area contributed by atoms with Gasteiger partial charge in [-0.25, -0.2) is 13.6 Å². The number of carboxylic acids is 1. The van der Waals surface area contributed by atoms with E-state index < -0.39 is 35.1 Å². The Morgan fingerprint density at radius 2 is 1.92 bits per heavy atom. The molecule has 0 aliphatic rings. The number of ether oxygens (including phenoxy) is 1. The van der Waals surface area contributed by atoms with Crippen molar-refractivity contribution in [2.45, 2.75) is 12.5 Å². The maximum atomic E-state index is 13.6. The van der Waals surface area contributed by atoms with Crippen LogP contribution in [0.25, 0.3) is 0 Å². The summed E-state index contributed by atoms with van der Waals surface area (Å²) in [4.78, 5) is 23.4. The average molecular weight is 335 g/mol. The van der Waals surface area contributed by atoms with E-state index in [4.69, 9.17) is 4.74 Å². The van der Waals surface area contributed by atoms with Crippen LogP contribution < -0.4 is 10.1 Å². The summed E-state index contributed by atoms with van der Waals surface area (Å²) in [5, 5.41) is 11.5. The SMILES string of the molecule is COc1cccc(C[C@H](NC(=O)c2cccc(F)c2F)C(=O)O)c1. The molecule has 126 valence electrons. The molecule has 0 spiro atoms. The Balaban J connectivity index is 2.17. The monoisotopic (exact) mass is 335 g/mol. The zero-order valence-electron chi connectivity index (χ0n) is 12.8. The van der Waals surface area contributed by atoms with E-state index in [0.29, 0.717) is 11.3 Å². The number of aliphatic carboxylic acids is 1. The minimum absolute atomic E-state index is 0.0325. The number of carbonyl (C=O) groups excluding carboxylic acids is 1. The molecule has 5 nitrogen and oxygen atoms in total. The summed E-state index contributed by atoms with van der Waals surface area (Å²) in [5.41, 5.74) is 0.0636. The molecule has 0 saturated heterocycles. The van der Waals surface area contributed by atoms with Crippen molar-refractivity contribution < 1.29 is 28.2 Å².